The Kier molecular flexibility index (Phi) is 4.31. The summed E-state index contributed by atoms with van der Waals surface area (Å²) in [6, 6.07) is 3.94. The molecular weight excluding hydrogens is 264 g/mol. The van der Waals surface area contributed by atoms with Gasteiger partial charge in [0.05, 0.1) is 18.5 Å². The van der Waals surface area contributed by atoms with Crippen LogP contribution in [0.4, 0.5) is 0 Å². The van der Waals surface area contributed by atoms with Crippen LogP contribution in [0.25, 0.3) is 11.3 Å². The van der Waals surface area contributed by atoms with Crippen LogP contribution in [0.5, 0.6) is 0 Å². The molecule has 0 radical (unpaired) electrons. The maximum Gasteiger partial charge on any atom is 0.0710 e. The fourth-order valence-corrected chi connectivity index (χ4v) is 3.11. The molecule has 2 heterocycles. The Morgan fingerprint density at radius 2 is 2.10 bits per heavy atom. The highest BCUT2D eigenvalue weighted by Gasteiger charge is 2.30. The molecule has 2 aromatic heterocycles. The van der Waals surface area contributed by atoms with E-state index in [4.69, 9.17) is 0 Å². The average Bonchev–Trinajstić information content (AvgIpc) is 3.03. The second kappa shape index (κ2) is 6.37. The zero-order valence-electron chi connectivity index (χ0n) is 12.2. The molecule has 0 amide bonds. The van der Waals surface area contributed by atoms with E-state index < -0.39 is 0 Å². The van der Waals surface area contributed by atoms with Crippen molar-refractivity contribution in [1.82, 2.24) is 20.5 Å². The molecular formula is C16H22N4O. The second-order valence-electron chi connectivity index (χ2n) is 5.86. The fourth-order valence-electron chi connectivity index (χ4n) is 3.11. The number of nitrogens with one attached hydrogen (secondary N) is 2. The molecule has 0 unspecified atom stereocenters. The number of aliphatic hydroxyl groups is 1. The van der Waals surface area contributed by atoms with E-state index in [-0.39, 0.29) is 12.1 Å². The summed E-state index contributed by atoms with van der Waals surface area (Å²) in [6.45, 7) is 0.911. The zero-order chi connectivity index (χ0) is 14.5. The van der Waals surface area contributed by atoms with Crippen LogP contribution in [0.15, 0.2) is 30.7 Å². The molecule has 1 saturated carbocycles. The van der Waals surface area contributed by atoms with Crippen molar-refractivity contribution in [3.05, 3.63) is 36.3 Å². The molecule has 1 fully saturated rings. The lowest BCUT2D eigenvalue weighted by Gasteiger charge is -2.36. The standard InChI is InChI=1S/C16H22N4O/c21-12-16(6-2-1-3-7-16)18-10-14-11-19-20-15(14)13-5-4-8-17-9-13/h4-5,8-9,11,18,21H,1-3,6-7,10,12H2,(H,19,20). The van der Waals surface area contributed by atoms with Gasteiger partial charge >= 0.3 is 0 Å². The Balaban J connectivity index is 1.73. The van der Waals surface area contributed by atoms with Gasteiger partial charge in [-0.25, -0.2) is 0 Å². The summed E-state index contributed by atoms with van der Waals surface area (Å²) >= 11 is 0. The third-order valence-electron chi connectivity index (χ3n) is 4.44. The molecule has 2 aromatic rings. The van der Waals surface area contributed by atoms with Gasteiger partial charge in [-0.2, -0.15) is 5.10 Å². The van der Waals surface area contributed by atoms with Crippen LogP contribution in [-0.2, 0) is 6.54 Å². The maximum absolute atomic E-state index is 9.76. The second-order valence-corrected chi connectivity index (χ2v) is 5.86. The molecule has 0 saturated heterocycles. The Morgan fingerprint density at radius 3 is 2.81 bits per heavy atom. The van der Waals surface area contributed by atoms with E-state index in [1.54, 1.807) is 6.20 Å². The summed E-state index contributed by atoms with van der Waals surface area (Å²) in [5, 5.41) is 20.5. The third-order valence-corrected chi connectivity index (χ3v) is 4.44. The predicted octanol–water partition coefficient (Wildman–Crippen LogP) is 2.26. The lowest BCUT2D eigenvalue weighted by molar-refractivity contribution is 0.119. The molecule has 0 aromatic carbocycles. The molecule has 112 valence electrons. The number of hydrogen-bond donors (Lipinski definition) is 3. The van der Waals surface area contributed by atoms with Crippen LogP contribution in [0.2, 0.25) is 0 Å². The molecule has 5 nitrogen and oxygen atoms in total. The lowest BCUT2D eigenvalue weighted by Crippen LogP contribution is -2.49. The maximum atomic E-state index is 9.76. The molecule has 0 bridgehead atoms. The van der Waals surface area contributed by atoms with Crippen molar-refractivity contribution in [3.63, 3.8) is 0 Å². The first kappa shape index (κ1) is 14.2. The van der Waals surface area contributed by atoms with Gasteiger partial charge in [-0.3, -0.25) is 10.1 Å². The van der Waals surface area contributed by atoms with Crippen LogP contribution in [0, 0.1) is 0 Å². The van der Waals surface area contributed by atoms with E-state index in [2.05, 4.69) is 20.5 Å². The third kappa shape index (κ3) is 3.14. The molecule has 3 N–H and O–H groups in total. The smallest absolute Gasteiger partial charge is 0.0710 e. The van der Waals surface area contributed by atoms with E-state index in [9.17, 15) is 5.11 Å². The van der Waals surface area contributed by atoms with Gasteiger partial charge in [-0.1, -0.05) is 19.3 Å². The molecule has 3 rings (SSSR count). The fraction of sp³-hybridized carbons (Fsp3) is 0.500. The van der Waals surface area contributed by atoms with E-state index in [1.165, 1.54) is 19.3 Å². The Labute approximate surface area is 124 Å². The van der Waals surface area contributed by atoms with Crippen LogP contribution >= 0.6 is 0 Å². The Morgan fingerprint density at radius 1 is 1.24 bits per heavy atom. The molecule has 21 heavy (non-hydrogen) atoms. The summed E-state index contributed by atoms with van der Waals surface area (Å²) < 4.78 is 0. The number of pyridine rings is 1. The monoisotopic (exact) mass is 286 g/mol. The molecule has 1 aliphatic rings. The summed E-state index contributed by atoms with van der Waals surface area (Å²) in [6.07, 6.45) is 11.2. The Hall–Kier alpha value is -1.72. The summed E-state index contributed by atoms with van der Waals surface area (Å²) in [7, 11) is 0. The minimum absolute atomic E-state index is 0.123. The number of aliphatic hydroxyl groups excluding tert-OH is 1. The predicted molar refractivity (Wildman–Crippen MR) is 81.6 cm³/mol. The average molecular weight is 286 g/mol. The van der Waals surface area contributed by atoms with Gasteiger partial charge in [0.25, 0.3) is 0 Å². The molecule has 0 atom stereocenters. The highest BCUT2D eigenvalue weighted by molar-refractivity contribution is 5.61. The Bertz CT molecular complexity index is 561. The van der Waals surface area contributed by atoms with Crippen molar-refractivity contribution >= 4 is 0 Å². The van der Waals surface area contributed by atoms with Gasteiger partial charge in [0.15, 0.2) is 0 Å². The van der Waals surface area contributed by atoms with E-state index in [1.807, 2.05) is 24.5 Å². The molecule has 1 aliphatic carbocycles. The normalized spacial score (nSPS) is 17.8. The lowest BCUT2D eigenvalue weighted by atomic mass is 9.82. The molecule has 0 spiro atoms. The number of nitrogens with zero attached hydrogens (tertiary/aromatic N) is 2. The van der Waals surface area contributed by atoms with E-state index in [0.717, 1.165) is 29.7 Å². The highest BCUT2D eigenvalue weighted by Crippen LogP contribution is 2.29. The first-order valence-corrected chi connectivity index (χ1v) is 7.61. The molecule has 5 heteroatoms. The van der Waals surface area contributed by atoms with Gasteiger partial charge in [0.2, 0.25) is 0 Å². The van der Waals surface area contributed by atoms with Gasteiger partial charge in [0, 0.05) is 35.6 Å². The quantitative estimate of drug-likeness (QED) is 0.788. The van der Waals surface area contributed by atoms with Gasteiger partial charge in [0.1, 0.15) is 0 Å². The minimum atomic E-state index is -0.123. The summed E-state index contributed by atoms with van der Waals surface area (Å²) in [5.74, 6) is 0. The van der Waals surface area contributed by atoms with Gasteiger partial charge < -0.3 is 10.4 Å². The molecule has 0 aliphatic heterocycles. The van der Waals surface area contributed by atoms with Gasteiger partial charge in [-0.05, 0) is 25.0 Å². The number of aromatic amines is 1. The first-order valence-electron chi connectivity index (χ1n) is 7.61. The van der Waals surface area contributed by atoms with Crippen molar-refractivity contribution in [2.24, 2.45) is 0 Å². The van der Waals surface area contributed by atoms with Crippen molar-refractivity contribution in [2.75, 3.05) is 6.61 Å². The van der Waals surface area contributed by atoms with Crippen molar-refractivity contribution in [3.8, 4) is 11.3 Å². The van der Waals surface area contributed by atoms with Crippen LogP contribution in [-0.4, -0.2) is 32.4 Å². The van der Waals surface area contributed by atoms with Crippen LogP contribution in [0.1, 0.15) is 37.7 Å². The van der Waals surface area contributed by atoms with Crippen LogP contribution < -0.4 is 5.32 Å². The SMILES string of the molecule is OCC1(NCc2cn[nH]c2-c2cccnc2)CCCCC1. The summed E-state index contributed by atoms with van der Waals surface area (Å²) in [4.78, 5) is 4.15. The van der Waals surface area contributed by atoms with Gasteiger partial charge in [-0.15, -0.1) is 0 Å². The first-order chi connectivity index (χ1) is 10.3. The van der Waals surface area contributed by atoms with Crippen molar-refractivity contribution < 1.29 is 5.11 Å². The van der Waals surface area contributed by atoms with E-state index in [0.29, 0.717) is 6.54 Å². The topological polar surface area (TPSA) is 73.8 Å². The summed E-state index contributed by atoms with van der Waals surface area (Å²) in [5.41, 5.74) is 3.02. The van der Waals surface area contributed by atoms with E-state index >= 15 is 0 Å². The largest absolute Gasteiger partial charge is 0.394 e. The van der Waals surface area contributed by atoms with Crippen molar-refractivity contribution in [1.29, 1.82) is 0 Å². The zero-order valence-corrected chi connectivity index (χ0v) is 12.2. The number of hydrogen-bond acceptors (Lipinski definition) is 4. The number of rotatable bonds is 5. The number of H-pyrrole nitrogens is 1. The highest BCUT2D eigenvalue weighted by atomic mass is 16.3. The minimum Gasteiger partial charge on any atom is -0.394 e. The van der Waals surface area contributed by atoms with Crippen LogP contribution in [0.3, 0.4) is 0 Å². The number of aromatic nitrogens is 3. The van der Waals surface area contributed by atoms with Crippen molar-refractivity contribution in [2.45, 2.75) is 44.2 Å².